The van der Waals surface area contributed by atoms with Crippen molar-refractivity contribution in [3.63, 3.8) is 0 Å². The van der Waals surface area contributed by atoms with Crippen molar-refractivity contribution < 1.29 is 20.1 Å². The summed E-state index contributed by atoms with van der Waals surface area (Å²) in [5.74, 6) is 2.58. The average molecular weight is 421 g/mol. The number of fused-ring (bicyclic) bond motifs is 5. The summed E-state index contributed by atoms with van der Waals surface area (Å²) in [6, 6.07) is 0. The van der Waals surface area contributed by atoms with E-state index in [1.165, 1.54) is 25.7 Å². The summed E-state index contributed by atoms with van der Waals surface area (Å²) in [6.07, 6.45) is 9.27. The van der Waals surface area contributed by atoms with Gasteiger partial charge in [-0.05, 0) is 104 Å². The molecule has 0 bridgehead atoms. The summed E-state index contributed by atoms with van der Waals surface area (Å²) in [5.41, 5.74) is 0.480. The number of hydrogen-bond donors (Lipinski definition) is 3. The Hall–Kier alpha value is -0.610. The molecule has 0 aliphatic heterocycles. The lowest BCUT2D eigenvalue weighted by atomic mass is 9.41. The Bertz CT molecular complexity index is 649. The van der Waals surface area contributed by atoms with E-state index < -0.39 is 5.97 Å². The zero-order valence-corrected chi connectivity index (χ0v) is 19.5. The van der Waals surface area contributed by atoms with Gasteiger partial charge >= 0.3 is 5.97 Å². The van der Waals surface area contributed by atoms with Crippen molar-refractivity contribution in [2.24, 2.45) is 52.3 Å². The first kappa shape index (κ1) is 22.6. The minimum atomic E-state index is -0.683. The molecule has 0 radical (unpaired) electrons. The highest BCUT2D eigenvalue weighted by molar-refractivity contribution is 5.66. The van der Waals surface area contributed by atoms with Gasteiger partial charge in [0.2, 0.25) is 0 Å². The Morgan fingerprint density at radius 3 is 2.33 bits per heavy atom. The summed E-state index contributed by atoms with van der Waals surface area (Å²) < 4.78 is 0. The molecule has 4 fully saturated rings. The van der Waals surface area contributed by atoms with Crippen molar-refractivity contribution in [1.29, 1.82) is 0 Å². The summed E-state index contributed by atoms with van der Waals surface area (Å²) >= 11 is 0. The highest BCUT2D eigenvalue weighted by Gasteiger charge is 2.64. The zero-order chi connectivity index (χ0) is 21.8. The van der Waals surface area contributed by atoms with Gasteiger partial charge in [-0.15, -0.1) is 0 Å². The van der Waals surface area contributed by atoms with Crippen LogP contribution in [0.1, 0.15) is 91.9 Å². The third kappa shape index (κ3) is 3.36. The zero-order valence-electron chi connectivity index (χ0n) is 19.5. The van der Waals surface area contributed by atoms with Crippen LogP contribution in [0.5, 0.6) is 0 Å². The minimum absolute atomic E-state index is 0.194. The molecule has 11 atom stereocenters. The first-order valence-corrected chi connectivity index (χ1v) is 12.7. The van der Waals surface area contributed by atoms with Crippen LogP contribution in [-0.4, -0.2) is 33.5 Å². The maximum absolute atomic E-state index is 11.7. The molecule has 0 aromatic heterocycles. The molecule has 0 aromatic rings. The lowest BCUT2D eigenvalue weighted by Crippen LogP contribution is -2.62. The first-order valence-electron chi connectivity index (χ1n) is 12.7. The van der Waals surface area contributed by atoms with E-state index >= 15 is 0 Å². The molecule has 8 unspecified atom stereocenters. The maximum Gasteiger partial charge on any atom is 0.303 e. The van der Waals surface area contributed by atoms with Gasteiger partial charge in [-0.3, -0.25) is 4.79 Å². The van der Waals surface area contributed by atoms with Crippen LogP contribution < -0.4 is 0 Å². The fourth-order valence-corrected chi connectivity index (χ4v) is 9.48. The van der Waals surface area contributed by atoms with E-state index in [0.29, 0.717) is 41.4 Å². The Balaban J connectivity index is 1.61. The SMILES string of the molecule is CC[C@H]1C(O)C2C(CCC3(C)C2CCC3[C@H](C)CCC(=O)O)C2(C)CC[C@@H](O)CC12. The molecule has 4 nitrogen and oxygen atoms in total. The van der Waals surface area contributed by atoms with Gasteiger partial charge in [-0.1, -0.05) is 34.1 Å². The van der Waals surface area contributed by atoms with Gasteiger partial charge in [0.15, 0.2) is 0 Å². The monoisotopic (exact) mass is 420 g/mol. The average Bonchev–Trinajstić information content (AvgIpc) is 3.05. The molecule has 4 saturated carbocycles. The second-order valence-electron chi connectivity index (χ2n) is 12.0. The maximum atomic E-state index is 11.7. The molecule has 172 valence electrons. The molecule has 0 heterocycles. The van der Waals surface area contributed by atoms with Gasteiger partial charge < -0.3 is 15.3 Å². The van der Waals surface area contributed by atoms with Crippen molar-refractivity contribution in [2.45, 2.75) is 104 Å². The summed E-state index contributed by atoms with van der Waals surface area (Å²) in [5, 5.41) is 31.3. The molecule has 4 aliphatic carbocycles. The van der Waals surface area contributed by atoms with Crippen LogP contribution in [0.2, 0.25) is 0 Å². The van der Waals surface area contributed by atoms with Crippen molar-refractivity contribution in [2.75, 3.05) is 0 Å². The van der Waals surface area contributed by atoms with Gasteiger partial charge in [0, 0.05) is 6.42 Å². The van der Waals surface area contributed by atoms with E-state index in [1.54, 1.807) is 0 Å². The number of aliphatic carboxylic acids is 1. The molecular formula is C26H44O4. The highest BCUT2D eigenvalue weighted by atomic mass is 16.4. The summed E-state index contributed by atoms with van der Waals surface area (Å²) in [7, 11) is 0. The number of carbonyl (C=O) groups is 1. The topological polar surface area (TPSA) is 77.8 Å². The van der Waals surface area contributed by atoms with Crippen LogP contribution in [0.25, 0.3) is 0 Å². The van der Waals surface area contributed by atoms with Gasteiger partial charge in [-0.2, -0.15) is 0 Å². The van der Waals surface area contributed by atoms with Gasteiger partial charge in [-0.25, -0.2) is 0 Å². The molecule has 0 aromatic carbocycles. The predicted molar refractivity (Wildman–Crippen MR) is 118 cm³/mol. The van der Waals surface area contributed by atoms with Crippen molar-refractivity contribution in [3.8, 4) is 0 Å². The third-order valence-corrected chi connectivity index (χ3v) is 11.0. The first-order chi connectivity index (χ1) is 14.1. The summed E-state index contributed by atoms with van der Waals surface area (Å²) in [4.78, 5) is 11.1. The molecule has 4 rings (SSSR count). The predicted octanol–water partition coefficient (Wildman–Crippen LogP) is 5.11. The van der Waals surface area contributed by atoms with Crippen LogP contribution in [0.15, 0.2) is 0 Å². The normalized spacial score (nSPS) is 51.5. The largest absolute Gasteiger partial charge is 0.481 e. The standard InChI is InChI=1S/C26H44O4/c1-5-17-21-14-16(27)10-12-26(21,4)20-11-13-25(3)18(15(2)6-9-22(28)29)7-8-19(25)23(20)24(17)30/h15-21,23-24,27,30H,5-14H2,1-4H3,(H,28,29)/t15-,16-,17-,18?,19?,20?,21?,23?,24?,25?,26?/m1/s1. The van der Waals surface area contributed by atoms with Crippen LogP contribution >= 0.6 is 0 Å². The fourth-order valence-electron chi connectivity index (χ4n) is 9.48. The number of hydrogen-bond acceptors (Lipinski definition) is 3. The van der Waals surface area contributed by atoms with Crippen molar-refractivity contribution in [1.82, 2.24) is 0 Å². The Morgan fingerprint density at radius 1 is 1.00 bits per heavy atom. The van der Waals surface area contributed by atoms with Crippen LogP contribution in [0.4, 0.5) is 0 Å². The number of aliphatic hydroxyl groups is 2. The molecule has 0 amide bonds. The molecular weight excluding hydrogens is 376 g/mol. The third-order valence-electron chi connectivity index (χ3n) is 11.0. The van der Waals surface area contributed by atoms with Gasteiger partial charge in [0.05, 0.1) is 12.2 Å². The van der Waals surface area contributed by atoms with Crippen LogP contribution in [-0.2, 0) is 4.79 Å². The molecule has 30 heavy (non-hydrogen) atoms. The Morgan fingerprint density at radius 2 is 1.67 bits per heavy atom. The van der Waals surface area contributed by atoms with Crippen molar-refractivity contribution in [3.05, 3.63) is 0 Å². The second kappa shape index (κ2) is 8.06. The molecule has 0 saturated heterocycles. The molecule has 4 aliphatic rings. The minimum Gasteiger partial charge on any atom is -0.481 e. The van der Waals surface area contributed by atoms with E-state index in [2.05, 4.69) is 27.7 Å². The van der Waals surface area contributed by atoms with Crippen LogP contribution in [0.3, 0.4) is 0 Å². The smallest absolute Gasteiger partial charge is 0.303 e. The quantitative estimate of drug-likeness (QED) is 0.577. The van der Waals surface area contributed by atoms with E-state index in [9.17, 15) is 15.0 Å². The van der Waals surface area contributed by atoms with E-state index in [-0.39, 0.29) is 29.5 Å². The molecule has 3 N–H and O–H groups in total. The Kier molecular flexibility index (Phi) is 6.07. The molecule has 4 heteroatoms. The van der Waals surface area contributed by atoms with Gasteiger partial charge in [0.1, 0.15) is 0 Å². The summed E-state index contributed by atoms with van der Waals surface area (Å²) in [6.45, 7) is 9.44. The Labute approximate surface area is 182 Å². The lowest BCUT2D eigenvalue weighted by Gasteiger charge is -2.64. The van der Waals surface area contributed by atoms with Crippen LogP contribution in [0, 0.1) is 52.3 Å². The van der Waals surface area contributed by atoms with E-state index in [0.717, 1.165) is 32.1 Å². The van der Waals surface area contributed by atoms with E-state index in [4.69, 9.17) is 5.11 Å². The number of carboxylic acid groups (broad SMARTS) is 1. The lowest BCUT2D eigenvalue weighted by molar-refractivity contribution is -0.203. The van der Waals surface area contributed by atoms with E-state index in [1.807, 2.05) is 0 Å². The number of rotatable bonds is 5. The number of aliphatic hydroxyl groups excluding tert-OH is 2. The van der Waals surface area contributed by atoms with Crippen molar-refractivity contribution >= 4 is 5.97 Å². The second-order valence-corrected chi connectivity index (χ2v) is 12.0. The molecule has 0 spiro atoms. The number of carboxylic acids is 1. The fraction of sp³-hybridized carbons (Fsp3) is 0.962. The highest BCUT2D eigenvalue weighted by Crippen LogP contribution is 2.69. The van der Waals surface area contributed by atoms with Gasteiger partial charge in [0.25, 0.3) is 0 Å².